The molecule has 2 nitrogen and oxygen atoms in total. The van der Waals surface area contributed by atoms with Gasteiger partial charge >= 0.3 is 0 Å². The van der Waals surface area contributed by atoms with Crippen LogP contribution in [0.5, 0.6) is 0 Å². The molecule has 1 aromatic carbocycles. The molecule has 0 bridgehead atoms. The van der Waals surface area contributed by atoms with Crippen LogP contribution in [-0.4, -0.2) is 31.2 Å². The second kappa shape index (κ2) is 5.74. The predicted molar refractivity (Wildman–Crippen MR) is 68.8 cm³/mol. The molecule has 2 fully saturated rings. The van der Waals surface area contributed by atoms with Gasteiger partial charge in [0.1, 0.15) is 17.5 Å². The van der Waals surface area contributed by atoms with E-state index in [-0.39, 0.29) is 11.6 Å². The van der Waals surface area contributed by atoms with E-state index in [1.165, 1.54) is 0 Å². The van der Waals surface area contributed by atoms with Crippen LogP contribution in [-0.2, 0) is 4.74 Å². The van der Waals surface area contributed by atoms with E-state index in [1.807, 2.05) is 0 Å². The number of ether oxygens (including phenoxy) is 1. The van der Waals surface area contributed by atoms with Crippen LogP contribution in [0.2, 0.25) is 0 Å². The number of hydrogen-bond donors (Lipinski definition) is 0. The van der Waals surface area contributed by atoms with Gasteiger partial charge in [0.25, 0.3) is 0 Å². The summed E-state index contributed by atoms with van der Waals surface area (Å²) in [5.41, 5.74) is 0.0141. The van der Waals surface area contributed by atoms with Crippen LogP contribution < -0.4 is 0 Å². The Morgan fingerprint density at radius 3 is 2.25 bits per heavy atom. The summed E-state index contributed by atoms with van der Waals surface area (Å²) in [5, 5.41) is 0. The van der Waals surface area contributed by atoms with E-state index in [2.05, 4.69) is 4.90 Å². The molecule has 0 amide bonds. The Morgan fingerprint density at radius 2 is 1.70 bits per heavy atom. The van der Waals surface area contributed by atoms with E-state index < -0.39 is 17.5 Å². The van der Waals surface area contributed by atoms with Gasteiger partial charge in [-0.05, 0) is 12.3 Å². The van der Waals surface area contributed by atoms with Crippen LogP contribution in [0.3, 0.4) is 0 Å². The van der Waals surface area contributed by atoms with Crippen LogP contribution in [0.25, 0.3) is 0 Å². The van der Waals surface area contributed by atoms with Gasteiger partial charge in [0.15, 0.2) is 0 Å². The molecule has 0 spiro atoms. The van der Waals surface area contributed by atoms with Crippen molar-refractivity contribution in [1.29, 1.82) is 0 Å². The van der Waals surface area contributed by atoms with Crippen molar-refractivity contribution in [1.82, 2.24) is 4.90 Å². The van der Waals surface area contributed by atoms with Crippen LogP contribution >= 0.6 is 0 Å². The van der Waals surface area contributed by atoms with E-state index in [1.54, 1.807) is 0 Å². The molecule has 20 heavy (non-hydrogen) atoms. The topological polar surface area (TPSA) is 12.5 Å². The highest BCUT2D eigenvalue weighted by Crippen LogP contribution is 2.41. The maximum atomic E-state index is 14.0. The van der Waals surface area contributed by atoms with Gasteiger partial charge in [-0.15, -0.1) is 0 Å². The minimum Gasteiger partial charge on any atom is -0.379 e. The van der Waals surface area contributed by atoms with Gasteiger partial charge in [-0.3, -0.25) is 4.90 Å². The molecule has 1 saturated heterocycles. The summed E-state index contributed by atoms with van der Waals surface area (Å²) in [7, 11) is 0. The highest BCUT2D eigenvalue weighted by atomic mass is 19.1. The summed E-state index contributed by atoms with van der Waals surface area (Å²) in [6, 6.07) is 1.24. The van der Waals surface area contributed by atoms with Gasteiger partial charge in [-0.1, -0.05) is 12.8 Å². The molecule has 0 aromatic heterocycles. The molecular formula is C15H18F3NO. The lowest BCUT2D eigenvalue weighted by Crippen LogP contribution is -2.40. The van der Waals surface area contributed by atoms with Gasteiger partial charge in [-0.2, -0.15) is 0 Å². The third kappa shape index (κ3) is 2.99. The number of halogens is 3. The molecule has 1 heterocycles. The Labute approximate surface area is 116 Å². The molecular weight excluding hydrogens is 267 g/mol. The first-order valence-electron chi connectivity index (χ1n) is 7.11. The molecule has 5 heteroatoms. The smallest absolute Gasteiger partial charge is 0.133 e. The number of morpholine rings is 1. The first-order valence-corrected chi connectivity index (χ1v) is 7.11. The fraction of sp³-hybridized carbons (Fsp3) is 0.600. The summed E-state index contributed by atoms with van der Waals surface area (Å²) >= 11 is 0. The summed E-state index contributed by atoms with van der Waals surface area (Å²) < 4.78 is 46.5. The van der Waals surface area contributed by atoms with Gasteiger partial charge in [0.05, 0.1) is 13.2 Å². The maximum Gasteiger partial charge on any atom is 0.133 e. The fourth-order valence-corrected chi connectivity index (χ4v) is 2.88. The third-order valence-corrected chi connectivity index (χ3v) is 4.12. The van der Waals surface area contributed by atoms with E-state index >= 15 is 0 Å². The lowest BCUT2D eigenvalue weighted by molar-refractivity contribution is 0.0114. The summed E-state index contributed by atoms with van der Waals surface area (Å²) in [5.74, 6) is -1.89. The van der Waals surface area contributed by atoms with Gasteiger partial charge in [0, 0.05) is 36.8 Å². The summed E-state index contributed by atoms with van der Waals surface area (Å²) in [6.07, 6.45) is 2.97. The molecule has 1 aliphatic carbocycles. The number of nitrogens with zero attached hydrogens (tertiary/aromatic N) is 1. The first-order chi connectivity index (χ1) is 9.65. The zero-order valence-corrected chi connectivity index (χ0v) is 11.2. The minimum absolute atomic E-state index is 0.0141. The van der Waals surface area contributed by atoms with Crippen molar-refractivity contribution >= 4 is 0 Å². The first kappa shape index (κ1) is 13.9. The van der Waals surface area contributed by atoms with E-state index in [0.717, 1.165) is 31.4 Å². The average Bonchev–Trinajstić information content (AvgIpc) is 3.21. The number of hydrogen-bond acceptors (Lipinski definition) is 2. The second-order valence-electron chi connectivity index (χ2n) is 5.63. The van der Waals surface area contributed by atoms with Crippen molar-refractivity contribution in [2.75, 3.05) is 26.3 Å². The zero-order valence-electron chi connectivity index (χ0n) is 11.2. The standard InChI is InChI=1S/C15H18F3NO/c16-11-8-12(17)15(13(18)9-11)14(7-10-1-2-10)19-3-5-20-6-4-19/h8-10,14H,1-7H2/t14-/m1/s1. The predicted octanol–water partition coefficient (Wildman–Crippen LogP) is 3.28. The molecule has 0 radical (unpaired) electrons. The number of rotatable bonds is 4. The molecule has 1 aliphatic heterocycles. The third-order valence-electron chi connectivity index (χ3n) is 4.12. The highest BCUT2D eigenvalue weighted by molar-refractivity contribution is 5.25. The Hall–Kier alpha value is -1.07. The minimum atomic E-state index is -0.865. The molecule has 0 unspecified atom stereocenters. The van der Waals surface area contributed by atoms with E-state index in [9.17, 15) is 13.2 Å². The zero-order chi connectivity index (χ0) is 14.1. The molecule has 3 rings (SSSR count). The average molecular weight is 285 g/mol. The molecule has 1 saturated carbocycles. The quantitative estimate of drug-likeness (QED) is 0.842. The Bertz CT molecular complexity index is 461. The van der Waals surface area contributed by atoms with Gasteiger partial charge in [-0.25, -0.2) is 13.2 Å². The molecule has 1 atom stereocenters. The van der Waals surface area contributed by atoms with Crippen molar-refractivity contribution in [3.8, 4) is 0 Å². The molecule has 2 aliphatic rings. The molecule has 1 aromatic rings. The lowest BCUT2D eigenvalue weighted by Gasteiger charge is -2.35. The highest BCUT2D eigenvalue weighted by Gasteiger charge is 2.33. The molecule has 110 valence electrons. The van der Waals surface area contributed by atoms with Crippen molar-refractivity contribution in [2.24, 2.45) is 5.92 Å². The Balaban J connectivity index is 1.91. The summed E-state index contributed by atoms with van der Waals surface area (Å²) in [4.78, 5) is 2.06. The van der Waals surface area contributed by atoms with E-state index in [4.69, 9.17) is 4.74 Å². The summed E-state index contributed by atoms with van der Waals surface area (Å²) in [6.45, 7) is 2.47. The fourth-order valence-electron chi connectivity index (χ4n) is 2.88. The Morgan fingerprint density at radius 1 is 1.10 bits per heavy atom. The number of benzene rings is 1. The lowest BCUT2D eigenvalue weighted by atomic mass is 9.97. The van der Waals surface area contributed by atoms with Crippen molar-refractivity contribution in [2.45, 2.75) is 25.3 Å². The maximum absolute atomic E-state index is 14.0. The largest absolute Gasteiger partial charge is 0.379 e. The van der Waals surface area contributed by atoms with Crippen LogP contribution in [0, 0.1) is 23.4 Å². The van der Waals surface area contributed by atoms with E-state index in [0.29, 0.717) is 32.2 Å². The monoisotopic (exact) mass is 285 g/mol. The van der Waals surface area contributed by atoms with Crippen LogP contribution in [0.4, 0.5) is 13.2 Å². The van der Waals surface area contributed by atoms with Gasteiger partial charge in [0.2, 0.25) is 0 Å². The van der Waals surface area contributed by atoms with Crippen molar-refractivity contribution in [3.63, 3.8) is 0 Å². The normalized spacial score (nSPS) is 21.9. The van der Waals surface area contributed by atoms with Crippen molar-refractivity contribution < 1.29 is 17.9 Å². The van der Waals surface area contributed by atoms with Crippen LogP contribution in [0.15, 0.2) is 12.1 Å². The van der Waals surface area contributed by atoms with Crippen molar-refractivity contribution in [3.05, 3.63) is 35.1 Å². The SMILES string of the molecule is Fc1cc(F)c([C@@H](CC2CC2)N2CCOCC2)c(F)c1. The molecule has 0 N–H and O–H groups in total. The second-order valence-corrected chi connectivity index (χ2v) is 5.63. The Kier molecular flexibility index (Phi) is 3.98. The van der Waals surface area contributed by atoms with Gasteiger partial charge < -0.3 is 4.74 Å². The van der Waals surface area contributed by atoms with Crippen LogP contribution in [0.1, 0.15) is 30.9 Å².